The van der Waals surface area contributed by atoms with Crippen LogP contribution in [0.4, 0.5) is 5.69 Å². The van der Waals surface area contributed by atoms with Crippen LogP contribution in [0, 0.1) is 0 Å². The largest absolute Gasteiger partial charge is 0.493 e. The quantitative estimate of drug-likeness (QED) is 0.505. The third kappa shape index (κ3) is 3.73. The molecule has 0 bridgehead atoms. The van der Waals surface area contributed by atoms with Gasteiger partial charge >= 0.3 is 5.97 Å². The first-order chi connectivity index (χ1) is 13.1. The number of benzene rings is 2. The van der Waals surface area contributed by atoms with E-state index in [-0.39, 0.29) is 12.3 Å². The summed E-state index contributed by atoms with van der Waals surface area (Å²) < 4.78 is 15.8. The highest BCUT2D eigenvalue weighted by atomic mass is 32.1. The molecular formula is C20H20N2O4S. The molecule has 0 radical (unpaired) electrons. The molecule has 0 amide bonds. The summed E-state index contributed by atoms with van der Waals surface area (Å²) >= 11 is 1.38. The average molecular weight is 384 g/mol. The van der Waals surface area contributed by atoms with E-state index in [9.17, 15) is 4.79 Å². The summed E-state index contributed by atoms with van der Waals surface area (Å²) in [5.41, 5.74) is 8.51. The lowest BCUT2D eigenvalue weighted by Crippen LogP contribution is -2.06. The number of aromatic nitrogens is 1. The zero-order chi connectivity index (χ0) is 19.4. The van der Waals surface area contributed by atoms with Crippen molar-refractivity contribution in [2.75, 3.05) is 26.6 Å². The highest BCUT2D eigenvalue weighted by Gasteiger charge is 2.23. The van der Waals surface area contributed by atoms with Crippen LogP contribution < -0.4 is 15.2 Å². The Kier molecular flexibility index (Phi) is 5.61. The van der Waals surface area contributed by atoms with E-state index in [1.807, 2.05) is 30.3 Å². The SMILES string of the molecule is CCOC(=O)c1nc(-c2ccc(OC)c(OC)c2)sc1-c1ccccc1N. The molecule has 1 heterocycles. The van der Waals surface area contributed by atoms with Crippen molar-refractivity contribution in [3.8, 4) is 32.5 Å². The van der Waals surface area contributed by atoms with Gasteiger partial charge in [0.1, 0.15) is 5.01 Å². The molecule has 27 heavy (non-hydrogen) atoms. The first kappa shape index (κ1) is 18.7. The summed E-state index contributed by atoms with van der Waals surface area (Å²) in [6.07, 6.45) is 0. The Morgan fingerprint density at radius 2 is 1.85 bits per heavy atom. The van der Waals surface area contributed by atoms with Crippen molar-refractivity contribution < 1.29 is 19.0 Å². The second-order valence-electron chi connectivity index (χ2n) is 5.57. The molecule has 3 rings (SSSR count). The Hall–Kier alpha value is -3.06. The predicted molar refractivity (Wildman–Crippen MR) is 106 cm³/mol. The van der Waals surface area contributed by atoms with E-state index in [1.165, 1.54) is 11.3 Å². The Bertz CT molecular complexity index is 968. The number of nitrogen functional groups attached to an aromatic ring is 1. The van der Waals surface area contributed by atoms with E-state index in [1.54, 1.807) is 33.3 Å². The number of carbonyl (C=O) groups is 1. The number of esters is 1. The third-order valence-electron chi connectivity index (χ3n) is 3.93. The van der Waals surface area contributed by atoms with Crippen LogP contribution in [0.15, 0.2) is 42.5 Å². The number of nitrogens with zero attached hydrogens (tertiary/aromatic N) is 1. The van der Waals surface area contributed by atoms with E-state index < -0.39 is 5.97 Å². The van der Waals surface area contributed by atoms with Crippen molar-refractivity contribution >= 4 is 23.0 Å². The lowest BCUT2D eigenvalue weighted by Gasteiger charge is -2.08. The summed E-state index contributed by atoms with van der Waals surface area (Å²) in [4.78, 5) is 17.7. The molecule has 0 fully saturated rings. The molecule has 0 aliphatic carbocycles. The molecule has 6 nitrogen and oxygen atoms in total. The number of hydrogen-bond donors (Lipinski definition) is 1. The number of thiazole rings is 1. The zero-order valence-electron chi connectivity index (χ0n) is 15.3. The topological polar surface area (TPSA) is 83.7 Å². The number of ether oxygens (including phenoxy) is 3. The highest BCUT2D eigenvalue weighted by molar-refractivity contribution is 7.18. The summed E-state index contributed by atoms with van der Waals surface area (Å²) in [7, 11) is 3.15. The molecule has 2 aromatic carbocycles. The second kappa shape index (κ2) is 8.09. The molecule has 140 valence electrons. The maximum absolute atomic E-state index is 12.5. The molecule has 0 saturated carbocycles. The monoisotopic (exact) mass is 384 g/mol. The van der Waals surface area contributed by atoms with E-state index in [4.69, 9.17) is 19.9 Å². The number of carbonyl (C=O) groups excluding carboxylic acids is 1. The van der Waals surface area contributed by atoms with Gasteiger partial charge in [0.25, 0.3) is 0 Å². The maximum atomic E-state index is 12.5. The molecule has 1 aromatic heterocycles. The van der Waals surface area contributed by atoms with Gasteiger partial charge in [0.05, 0.1) is 25.7 Å². The van der Waals surface area contributed by atoms with Crippen molar-refractivity contribution in [3.63, 3.8) is 0 Å². The van der Waals surface area contributed by atoms with Gasteiger partial charge in [0.2, 0.25) is 0 Å². The van der Waals surface area contributed by atoms with Gasteiger partial charge in [-0.1, -0.05) is 18.2 Å². The van der Waals surface area contributed by atoms with Crippen LogP contribution in [-0.2, 0) is 4.74 Å². The van der Waals surface area contributed by atoms with Crippen molar-refractivity contribution in [2.45, 2.75) is 6.92 Å². The molecule has 2 N–H and O–H groups in total. The van der Waals surface area contributed by atoms with Gasteiger partial charge in [0, 0.05) is 16.8 Å². The number of rotatable bonds is 6. The lowest BCUT2D eigenvalue weighted by atomic mass is 10.1. The van der Waals surface area contributed by atoms with E-state index in [2.05, 4.69) is 4.98 Å². The molecule has 0 spiro atoms. The van der Waals surface area contributed by atoms with Crippen molar-refractivity contribution in [1.29, 1.82) is 0 Å². The summed E-state index contributed by atoms with van der Waals surface area (Å²) in [5, 5.41) is 0.664. The number of anilines is 1. The summed E-state index contributed by atoms with van der Waals surface area (Å²) in [6.45, 7) is 2.03. The predicted octanol–water partition coefficient (Wildman–Crippen LogP) is 4.25. The van der Waals surface area contributed by atoms with E-state index in [0.717, 1.165) is 11.1 Å². The molecule has 0 aliphatic rings. The van der Waals surface area contributed by atoms with Gasteiger partial charge in [-0.25, -0.2) is 9.78 Å². The van der Waals surface area contributed by atoms with Gasteiger partial charge in [-0.3, -0.25) is 0 Å². The number of methoxy groups -OCH3 is 2. The van der Waals surface area contributed by atoms with Gasteiger partial charge in [-0.05, 0) is 31.2 Å². The first-order valence-corrected chi connectivity index (χ1v) is 9.15. The molecule has 0 aliphatic heterocycles. The Morgan fingerprint density at radius 1 is 1.11 bits per heavy atom. The molecule has 0 atom stereocenters. The van der Waals surface area contributed by atoms with E-state index in [0.29, 0.717) is 27.1 Å². The number of nitrogens with two attached hydrogens (primary N) is 1. The number of hydrogen-bond acceptors (Lipinski definition) is 7. The molecule has 0 saturated heterocycles. The third-order valence-corrected chi connectivity index (χ3v) is 5.07. The van der Waals surface area contributed by atoms with Crippen molar-refractivity contribution in [2.24, 2.45) is 0 Å². The van der Waals surface area contributed by atoms with Crippen LogP contribution in [0.5, 0.6) is 11.5 Å². The van der Waals surface area contributed by atoms with Gasteiger partial charge in [0.15, 0.2) is 17.2 Å². The van der Waals surface area contributed by atoms with Gasteiger partial charge < -0.3 is 19.9 Å². The molecule has 0 unspecified atom stereocenters. The Labute approximate surface area is 161 Å². The number of para-hydroxylation sites is 1. The average Bonchev–Trinajstić information content (AvgIpc) is 3.13. The first-order valence-electron chi connectivity index (χ1n) is 8.34. The van der Waals surface area contributed by atoms with Crippen LogP contribution in [-0.4, -0.2) is 31.8 Å². The van der Waals surface area contributed by atoms with Crippen LogP contribution in [0.25, 0.3) is 21.0 Å². The van der Waals surface area contributed by atoms with Crippen LogP contribution in [0.1, 0.15) is 17.4 Å². The van der Waals surface area contributed by atoms with Crippen LogP contribution >= 0.6 is 11.3 Å². The maximum Gasteiger partial charge on any atom is 0.358 e. The minimum atomic E-state index is -0.473. The standard InChI is InChI=1S/C20H20N2O4S/c1-4-26-20(23)17-18(13-7-5-6-8-14(13)21)27-19(22-17)12-9-10-15(24-2)16(11-12)25-3/h5-11H,4,21H2,1-3H3. The van der Waals surface area contributed by atoms with Gasteiger partial charge in [-0.15, -0.1) is 11.3 Å². The minimum Gasteiger partial charge on any atom is -0.493 e. The zero-order valence-corrected chi connectivity index (χ0v) is 16.1. The fourth-order valence-electron chi connectivity index (χ4n) is 2.64. The van der Waals surface area contributed by atoms with E-state index >= 15 is 0 Å². The lowest BCUT2D eigenvalue weighted by molar-refractivity contribution is 0.0521. The fraction of sp³-hybridized carbons (Fsp3) is 0.200. The summed E-state index contributed by atoms with van der Waals surface area (Å²) in [6, 6.07) is 12.9. The van der Waals surface area contributed by atoms with Crippen molar-refractivity contribution in [1.82, 2.24) is 4.98 Å². The highest BCUT2D eigenvalue weighted by Crippen LogP contribution is 2.40. The molecular weight excluding hydrogens is 364 g/mol. The fourth-order valence-corrected chi connectivity index (χ4v) is 3.73. The second-order valence-corrected chi connectivity index (χ2v) is 6.57. The van der Waals surface area contributed by atoms with Crippen molar-refractivity contribution in [3.05, 3.63) is 48.2 Å². The minimum absolute atomic E-state index is 0.254. The van der Waals surface area contributed by atoms with Gasteiger partial charge in [-0.2, -0.15) is 0 Å². The Balaban J connectivity index is 2.14. The Morgan fingerprint density at radius 3 is 2.52 bits per heavy atom. The molecule has 3 aromatic rings. The normalized spacial score (nSPS) is 10.5. The van der Waals surface area contributed by atoms with Crippen LogP contribution in [0.2, 0.25) is 0 Å². The molecule has 7 heteroatoms. The van der Waals surface area contributed by atoms with Crippen LogP contribution in [0.3, 0.4) is 0 Å². The smallest absolute Gasteiger partial charge is 0.358 e. The summed E-state index contributed by atoms with van der Waals surface area (Å²) in [5.74, 6) is 0.735.